The van der Waals surface area contributed by atoms with Crippen LogP contribution in [0.3, 0.4) is 0 Å². The molecule has 0 spiro atoms. The van der Waals surface area contributed by atoms with Crippen LogP contribution in [0.5, 0.6) is 5.75 Å². The van der Waals surface area contributed by atoms with Crippen LogP contribution in [0.4, 0.5) is 0 Å². The van der Waals surface area contributed by atoms with Crippen LogP contribution in [-0.2, 0) is 14.8 Å². The number of hydrogen-bond donors (Lipinski definition) is 0. The molecule has 0 aromatic heterocycles. The van der Waals surface area contributed by atoms with E-state index in [9.17, 15) is 13.2 Å². The SMILES string of the molecule is Cc1ccc(S(=O)(=O)N2CCCN(C(=O)COc3cccc(C)c3)CC2)cc1. The van der Waals surface area contributed by atoms with Gasteiger partial charge < -0.3 is 9.64 Å². The highest BCUT2D eigenvalue weighted by Gasteiger charge is 2.28. The lowest BCUT2D eigenvalue weighted by Crippen LogP contribution is -2.39. The lowest BCUT2D eigenvalue weighted by Gasteiger charge is -2.22. The molecule has 2 aromatic carbocycles. The van der Waals surface area contributed by atoms with Crippen molar-refractivity contribution in [1.29, 1.82) is 0 Å². The molecule has 6 nitrogen and oxygen atoms in total. The highest BCUT2D eigenvalue weighted by molar-refractivity contribution is 7.89. The van der Waals surface area contributed by atoms with Crippen molar-refractivity contribution in [3.63, 3.8) is 0 Å². The summed E-state index contributed by atoms with van der Waals surface area (Å²) < 4.78 is 32.8. The van der Waals surface area contributed by atoms with Gasteiger partial charge in [0.05, 0.1) is 4.90 Å². The molecule has 28 heavy (non-hydrogen) atoms. The van der Waals surface area contributed by atoms with Gasteiger partial charge in [-0.25, -0.2) is 8.42 Å². The van der Waals surface area contributed by atoms with Crippen LogP contribution in [-0.4, -0.2) is 56.3 Å². The third-order valence-corrected chi connectivity index (χ3v) is 6.73. The van der Waals surface area contributed by atoms with E-state index in [1.54, 1.807) is 29.2 Å². The summed E-state index contributed by atoms with van der Waals surface area (Å²) in [5.74, 6) is 0.530. The van der Waals surface area contributed by atoms with Crippen LogP contribution in [0.25, 0.3) is 0 Å². The summed E-state index contributed by atoms with van der Waals surface area (Å²) in [6.45, 7) is 5.41. The molecule has 1 aliphatic rings. The van der Waals surface area contributed by atoms with Crippen LogP contribution >= 0.6 is 0 Å². The van der Waals surface area contributed by atoms with Gasteiger partial charge in [-0.2, -0.15) is 4.31 Å². The second-order valence-electron chi connectivity index (χ2n) is 7.06. The van der Waals surface area contributed by atoms with Crippen LogP contribution in [0.15, 0.2) is 53.4 Å². The van der Waals surface area contributed by atoms with Gasteiger partial charge >= 0.3 is 0 Å². The van der Waals surface area contributed by atoms with E-state index < -0.39 is 10.0 Å². The van der Waals surface area contributed by atoms with Crippen molar-refractivity contribution in [3.05, 3.63) is 59.7 Å². The molecule has 0 bridgehead atoms. The molecule has 1 aliphatic heterocycles. The van der Waals surface area contributed by atoms with Gasteiger partial charge in [0.15, 0.2) is 6.61 Å². The van der Waals surface area contributed by atoms with Gasteiger partial charge in [-0.15, -0.1) is 0 Å². The van der Waals surface area contributed by atoms with Gasteiger partial charge in [-0.3, -0.25) is 4.79 Å². The molecular weight excluding hydrogens is 376 g/mol. The Kier molecular flexibility index (Phi) is 6.36. The van der Waals surface area contributed by atoms with E-state index in [2.05, 4.69) is 0 Å². The van der Waals surface area contributed by atoms with Gasteiger partial charge in [0.25, 0.3) is 5.91 Å². The zero-order chi connectivity index (χ0) is 20.1. The van der Waals surface area contributed by atoms with E-state index in [1.807, 2.05) is 38.1 Å². The maximum absolute atomic E-state index is 12.9. The van der Waals surface area contributed by atoms with Crippen molar-refractivity contribution in [2.24, 2.45) is 0 Å². The molecule has 0 saturated carbocycles. The first-order valence-corrected chi connectivity index (χ1v) is 10.8. The number of ether oxygens (including phenoxy) is 1. The Hall–Kier alpha value is -2.38. The molecule has 0 unspecified atom stereocenters. The Bertz CT molecular complexity index is 926. The molecule has 1 fully saturated rings. The molecular formula is C21H26N2O4S. The lowest BCUT2D eigenvalue weighted by molar-refractivity contribution is -0.133. The Balaban J connectivity index is 1.59. The first-order valence-electron chi connectivity index (χ1n) is 9.40. The molecule has 150 valence electrons. The Morgan fingerprint density at radius 1 is 0.964 bits per heavy atom. The van der Waals surface area contributed by atoms with Crippen molar-refractivity contribution >= 4 is 15.9 Å². The maximum Gasteiger partial charge on any atom is 0.260 e. The first-order chi connectivity index (χ1) is 13.4. The molecule has 0 radical (unpaired) electrons. The minimum absolute atomic E-state index is 0.0475. The normalized spacial score (nSPS) is 15.9. The average Bonchev–Trinajstić information content (AvgIpc) is 2.93. The van der Waals surface area contributed by atoms with Crippen molar-refractivity contribution < 1.29 is 17.9 Å². The van der Waals surface area contributed by atoms with Gasteiger partial charge in [-0.1, -0.05) is 29.8 Å². The minimum Gasteiger partial charge on any atom is -0.484 e. The predicted octanol–water partition coefficient (Wildman–Crippen LogP) is 2.61. The summed E-state index contributed by atoms with van der Waals surface area (Å²) in [7, 11) is -3.55. The molecule has 7 heteroatoms. The fourth-order valence-corrected chi connectivity index (χ4v) is 4.65. The second-order valence-corrected chi connectivity index (χ2v) is 8.99. The Labute approximate surface area is 166 Å². The fourth-order valence-electron chi connectivity index (χ4n) is 3.18. The summed E-state index contributed by atoms with van der Waals surface area (Å²) in [5, 5.41) is 0. The predicted molar refractivity (Wildman–Crippen MR) is 108 cm³/mol. The third kappa shape index (κ3) is 4.91. The first kappa shape index (κ1) is 20.4. The van der Waals surface area contributed by atoms with Crippen LogP contribution in [0, 0.1) is 13.8 Å². The van der Waals surface area contributed by atoms with Crippen molar-refractivity contribution in [2.75, 3.05) is 32.8 Å². The number of aryl methyl sites for hydroxylation is 2. The second kappa shape index (κ2) is 8.75. The lowest BCUT2D eigenvalue weighted by atomic mass is 10.2. The van der Waals surface area contributed by atoms with Crippen LogP contribution < -0.4 is 4.74 Å². The topological polar surface area (TPSA) is 66.9 Å². The summed E-state index contributed by atoms with van der Waals surface area (Å²) in [5.41, 5.74) is 2.08. The molecule has 1 saturated heterocycles. The van der Waals surface area contributed by atoms with Crippen LogP contribution in [0.1, 0.15) is 17.5 Å². The summed E-state index contributed by atoms with van der Waals surface area (Å²) in [6.07, 6.45) is 0.598. The van der Waals surface area contributed by atoms with E-state index >= 15 is 0 Å². The van der Waals surface area contributed by atoms with E-state index in [-0.39, 0.29) is 19.1 Å². The molecule has 1 heterocycles. The smallest absolute Gasteiger partial charge is 0.260 e. The number of hydrogen-bond acceptors (Lipinski definition) is 4. The number of nitrogens with zero attached hydrogens (tertiary/aromatic N) is 2. The minimum atomic E-state index is -3.55. The largest absolute Gasteiger partial charge is 0.484 e. The van der Waals surface area contributed by atoms with Gasteiger partial charge in [-0.05, 0) is 50.1 Å². The van der Waals surface area contributed by atoms with Crippen molar-refractivity contribution in [3.8, 4) is 5.75 Å². The zero-order valence-electron chi connectivity index (χ0n) is 16.3. The third-order valence-electron chi connectivity index (χ3n) is 4.82. The van der Waals surface area contributed by atoms with E-state index in [4.69, 9.17) is 4.74 Å². The summed E-state index contributed by atoms with van der Waals surface area (Å²) in [4.78, 5) is 14.5. The molecule has 1 amide bonds. The number of benzene rings is 2. The average molecular weight is 403 g/mol. The number of carbonyl (C=O) groups excluding carboxylic acids is 1. The summed E-state index contributed by atoms with van der Waals surface area (Å²) in [6, 6.07) is 14.4. The molecule has 0 atom stereocenters. The monoisotopic (exact) mass is 402 g/mol. The van der Waals surface area contributed by atoms with Gasteiger partial charge in [0.2, 0.25) is 10.0 Å². The quantitative estimate of drug-likeness (QED) is 0.771. The van der Waals surface area contributed by atoms with Gasteiger partial charge in [0, 0.05) is 26.2 Å². The molecule has 2 aromatic rings. The molecule has 0 N–H and O–H groups in total. The number of rotatable bonds is 5. The van der Waals surface area contributed by atoms with Crippen LogP contribution in [0.2, 0.25) is 0 Å². The molecule has 3 rings (SSSR count). The van der Waals surface area contributed by atoms with Gasteiger partial charge in [0.1, 0.15) is 5.75 Å². The van der Waals surface area contributed by atoms with E-state index in [0.717, 1.165) is 11.1 Å². The number of amides is 1. The Morgan fingerprint density at radius 3 is 2.43 bits per heavy atom. The highest BCUT2D eigenvalue weighted by Crippen LogP contribution is 2.19. The highest BCUT2D eigenvalue weighted by atomic mass is 32.2. The maximum atomic E-state index is 12.9. The summed E-state index contributed by atoms with van der Waals surface area (Å²) >= 11 is 0. The van der Waals surface area contributed by atoms with E-state index in [1.165, 1.54) is 4.31 Å². The number of sulfonamides is 1. The van der Waals surface area contributed by atoms with Crippen molar-refractivity contribution in [2.45, 2.75) is 25.2 Å². The molecule has 0 aliphatic carbocycles. The zero-order valence-corrected chi connectivity index (χ0v) is 17.1. The van der Waals surface area contributed by atoms with E-state index in [0.29, 0.717) is 36.7 Å². The Morgan fingerprint density at radius 2 is 1.71 bits per heavy atom. The fraction of sp³-hybridized carbons (Fsp3) is 0.381. The number of carbonyl (C=O) groups is 1. The van der Waals surface area contributed by atoms with Crippen molar-refractivity contribution in [1.82, 2.24) is 9.21 Å². The standard InChI is InChI=1S/C21H26N2O4S/c1-17-7-9-20(10-8-17)28(25,26)23-12-4-11-22(13-14-23)21(24)16-27-19-6-3-5-18(2)15-19/h3,5-10,15H,4,11-14,16H2,1-2H3.